The van der Waals surface area contributed by atoms with Crippen LogP contribution in [-0.4, -0.2) is 17.2 Å². The zero-order valence-corrected chi connectivity index (χ0v) is 11.3. The highest BCUT2D eigenvalue weighted by Gasteiger charge is 2.04. The fraction of sp³-hybridized carbons (Fsp3) is 0. The Labute approximate surface area is 122 Å². The number of rotatable bonds is 3. The largest absolute Gasteiger partial charge is 0.369 e. The van der Waals surface area contributed by atoms with Gasteiger partial charge in [0.25, 0.3) is 0 Å². The van der Waals surface area contributed by atoms with Crippen molar-refractivity contribution < 1.29 is 0 Å². The number of aromatic amines is 1. The van der Waals surface area contributed by atoms with Crippen LogP contribution in [-0.2, 0) is 0 Å². The summed E-state index contributed by atoms with van der Waals surface area (Å²) >= 11 is 0. The van der Waals surface area contributed by atoms with Crippen LogP contribution in [0.3, 0.4) is 0 Å². The smallest absolute Gasteiger partial charge is 0.211 e. The van der Waals surface area contributed by atoms with Crippen molar-refractivity contribution in [1.29, 1.82) is 0 Å². The summed E-state index contributed by atoms with van der Waals surface area (Å²) in [5, 5.41) is 8.55. The van der Waals surface area contributed by atoms with Crippen LogP contribution < -0.4 is 11.5 Å². The Morgan fingerprint density at radius 2 is 1.81 bits per heavy atom. The van der Waals surface area contributed by atoms with Crippen LogP contribution in [0.25, 0.3) is 22.0 Å². The van der Waals surface area contributed by atoms with Gasteiger partial charge in [-0.2, -0.15) is 5.10 Å². The summed E-state index contributed by atoms with van der Waals surface area (Å²) in [6.07, 6.45) is 3.51. The number of nitrogens with two attached hydrogens (primary N) is 2. The molecular weight excluding hydrogens is 262 g/mol. The molecule has 104 valence electrons. The van der Waals surface area contributed by atoms with Gasteiger partial charge in [0.05, 0.1) is 6.21 Å². The SMILES string of the molecule is NC(N)=N/N=C/c1c[nH]c2ccc(-c3ccccc3)cc12. The molecule has 3 rings (SSSR count). The van der Waals surface area contributed by atoms with Gasteiger partial charge in [0.2, 0.25) is 5.96 Å². The van der Waals surface area contributed by atoms with Crippen molar-refractivity contribution >= 4 is 23.1 Å². The minimum atomic E-state index is -0.0592. The van der Waals surface area contributed by atoms with Crippen LogP contribution in [0.2, 0.25) is 0 Å². The molecule has 1 heterocycles. The van der Waals surface area contributed by atoms with Gasteiger partial charge in [0.1, 0.15) is 0 Å². The van der Waals surface area contributed by atoms with Gasteiger partial charge in [0, 0.05) is 22.7 Å². The normalized spacial score (nSPS) is 11.0. The Hall–Kier alpha value is -3.08. The van der Waals surface area contributed by atoms with E-state index in [1.807, 2.05) is 24.4 Å². The second-order valence-corrected chi connectivity index (χ2v) is 4.64. The first kappa shape index (κ1) is 12.9. The molecule has 0 spiro atoms. The Balaban J connectivity index is 2.04. The maximum Gasteiger partial charge on any atom is 0.211 e. The number of H-pyrrole nitrogens is 1. The van der Waals surface area contributed by atoms with E-state index in [2.05, 4.69) is 45.5 Å². The molecule has 0 amide bonds. The molecule has 5 heteroatoms. The molecule has 5 nitrogen and oxygen atoms in total. The molecule has 3 aromatic rings. The number of aromatic nitrogens is 1. The Bertz CT molecular complexity index is 811. The molecule has 0 aliphatic heterocycles. The third-order valence-electron chi connectivity index (χ3n) is 3.19. The van der Waals surface area contributed by atoms with Crippen LogP contribution in [0.5, 0.6) is 0 Å². The zero-order valence-electron chi connectivity index (χ0n) is 11.3. The Kier molecular flexibility index (Phi) is 3.39. The predicted molar refractivity (Wildman–Crippen MR) is 87.1 cm³/mol. The highest BCUT2D eigenvalue weighted by atomic mass is 15.3. The van der Waals surface area contributed by atoms with Gasteiger partial charge in [0.15, 0.2) is 0 Å². The second kappa shape index (κ2) is 5.50. The lowest BCUT2D eigenvalue weighted by atomic mass is 10.0. The summed E-state index contributed by atoms with van der Waals surface area (Å²) in [5.41, 5.74) is 14.8. The van der Waals surface area contributed by atoms with Crippen molar-refractivity contribution in [1.82, 2.24) is 4.98 Å². The molecule has 21 heavy (non-hydrogen) atoms. The number of guanidine groups is 1. The highest BCUT2D eigenvalue weighted by molar-refractivity contribution is 6.00. The molecule has 2 aromatic carbocycles. The number of hydrogen-bond acceptors (Lipinski definition) is 2. The van der Waals surface area contributed by atoms with Crippen LogP contribution in [0.1, 0.15) is 5.56 Å². The number of nitrogens with one attached hydrogen (secondary N) is 1. The standard InChI is InChI=1S/C16H15N5/c17-16(18)21-20-10-13-9-19-15-7-6-12(8-14(13)15)11-4-2-1-3-5-11/h1-10,19H,(H4,17,18,21)/b20-10+. The quantitative estimate of drug-likeness (QED) is 0.390. The van der Waals surface area contributed by atoms with Gasteiger partial charge in [-0.3, -0.25) is 0 Å². The van der Waals surface area contributed by atoms with Crippen molar-refractivity contribution in [2.75, 3.05) is 0 Å². The fourth-order valence-corrected chi connectivity index (χ4v) is 2.22. The summed E-state index contributed by atoms with van der Waals surface area (Å²) in [6.45, 7) is 0. The molecule has 0 atom stereocenters. The van der Waals surface area contributed by atoms with Gasteiger partial charge < -0.3 is 16.5 Å². The lowest BCUT2D eigenvalue weighted by Crippen LogP contribution is -2.21. The molecule has 5 N–H and O–H groups in total. The van der Waals surface area contributed by atoms with E-state index >= 15 is 0 Å². The van der Waals surface area contributed by atoms with E-state index in [0.29, 0.717) is 0 Å². The third kappa shape index (κ3) is 2.76. The Morgan fingerprint density at radius 1 is 1.00 bits per heavy atom. The van der Waals surface area contributed by atoms with Crippen molar-refractivity contribution in [2.45, 2.75) is 0 Å². The van der Waals surface area contributed by atoms with Crippen LogP contribution in [0, 0.1) is 0 Å². The van der Waals surface area contributed by atoms with E-state index in [-0.39, 0.29) is 5.96 Å². The lowest BCUT2D eigenvalue weighted by molar-refractivity contribution is 1.22. The summed E-state index contributed by atoms with van der Waals surface area (Å²) in [4.78, 5) is 3.20. The Morgan fingerprint density at radius 3 is 2.57 bits per heavy atom. The minimum absolute atomic E-state index is 0.0592. The van der Waals surface area contributed by atoms with E-state index in [1.54, 1.807) is 6.21 Å². The van der Waals surface area contributed by atoms with Gasteiger partial charge in [-0.05, 0) is 23.3 Å². The van der Waals surface area contributed by atoms with E-state index in [9.17, 15) is 0 Å². The van der Waals surface area contributed by atoms with Gasteiger partial charge in [-0.25, -0.2) is 0 Å². The number of fused-ring (bicyclic) bond motifs is 1. The molecule has 0 saturated heterocycles. The van der Waals surface area contributed by atoms with E-state index < -0.39 is 0 Å². The average Bonchev–Trinajstić information content (AvgIpc) is 2.90. The molecule has 0 unspecified atom stereocenters. The zero-order chi connectivity index (χ0) is 14.7. The molecule has 0 aliphatic carbocycles. The summed E-state index contributed by atoms with van der Waals surface area (Å²) in [6, 6.07) is 16.5. The first-order valence-corrected chi connectivity index (χ1v) is 6.52. The van der Waals surface area contributed by atoms with Gasteiger partial charge in [-0.15, -0.1) is 5.10 Å². The van der Waals surface area contributed by atoms with Crippen molar-refractivity contribution in [3.05, 3.63) is 60.3 Å². The van der Waals surface area contributed by atoms with Crippen molar-refractivity contribution in [2.24, 2.45) is 21.7 Å². The van der Waals surface area contributed by atoms with E-state index in [0.717, 1.165) is 22.0 Å². The number of benzene rings is 2. The minimum Gasteiger partial charge on any atom is -0.369 e. The summed E-state index contributed by atoms with van der Waals surface area (Å²) < 4.78 is 0. The van der Waals surface area contributed by atoms with Crippen LogP contribution in [0.4, 0.5) is 0 Å². The maximum absolute atomic E-state index is 5.25. The fourth-order valence-electron chi connectivity index (χ4n) is 2.22. The van der Waals surface area contributed by atoms with Crippen molar-refractivity contribution in [3.63, 3.8) is 0 Å². The molecule has 0 saturated carbocycles. The maximum atomic E-state index is 5.25. The first-order chi connectivity index (χ1) is 10.2. The van der Waals surface area contributed by atoms with Crippen LogP contribution in [0.15, 0.2) is 64.9 Å². The number of nitrogens with zero attached hydrogens (tertiary/aromatic N) is 2. The van der Waals surface area contributed by atoms with Gasteiger partial charge >= 0.3 is 0 Å². The molecule has 1 aromatic heterocycles. The average molecular weight is 277 g/mol. The number of hydrogen-bond donors (Lipinski definition) is 3. The predicted octanol–water partition coefficient (Wildman–Crippen LogP) is 2.44. The first-order valence-electron chi connectivity index (χ1n) is 6.52. The lowest BCUT2D eigenvalue weighted by Gasteiger charge is -2.02. The topological polar surface area (TPSA) is 92.6 Å². The van der Waals surface area contributed by atoms with Gasteiger partial charge in [-0.1, -0.05) is 36.4 Å². The monoisotopic (exact) mass is 277 g/mol. The summed E-state index contributed by atoms with van der Waals surface area (Å²) in [7, 11) is 0. The van der Waals surface area contributed by atoms with E-state index in [4.69, 9.17) is 11.5 Å². The van der Waals surface area contributed by atoms with Crippen LogP contribution >= 0.6 is 0 Å². The van der Waals surface area contributed by atoms with Crippen molar-refractivity contribution in [3.8, 4) is 11.1 Å². The summed E-state index contributed by atoms with van der Waals surface area (Å²) in [5.74, 6) is -0.0592. The molecule has 0 fully saturated rings. The third-order valence-corrected chi connectivity index (χ3v) is 3.19. The molecule has 0 aliphatic rings. The van der Waals surface area contributed by atoms with E-state index in [1.165, 1.54) is 5.56 Å². The molecule has 0 radical (unpaired) electrons. The molecular formula is C16H15N5. The second-order valence-electron chi connectivity index (χ2n) is 4.64. The molecule has 0 bridgehead atoms. The highest BCUT2D eigenvalue weighted by Crippen LogP contribution is 2.25.